The van der Waals surface area contributed by atoms with Gasteiger partial charge < -0.3 is 0 Å². The molecule has 0 atom stereocenters. The molecular formula is C10H5ClF3NS. The third-order valence-electron chi connectivity index (χ3n) is 1.95. The van der Waals surface area contributed by atoms with Crippen LogP contribution in [0.2, 0.25) is 5.15 Å². The predicted molar refractivity (Wildman–Crippen MR) is 57.6 cm³/mol. The second kappa shape index (κ2) is 4.07. The van der Waals surface area contributed by atoms with Crippen LogP contribution in [0.15, 0.2) is 29.8 Å². The van der Waals surface area contributed by atoms with Gasteiger partial charge in [0.2, 0.25) is 0 Å². The molecule has 1 nitrogen and oxygen atoms in total. The summed E-state index contributed by atoms with van der Waals surface area (Å²) >= 11 is 7.08. The van der Waals surface area contributed by atoms with Gasteiger partial charge in [-0.15, -0.1) is 11.3 Å². The molecule has 2 aromatic heterocycles. The Hall–Kier alpha value is -1.07. The predicted octanol–water partition coefficient (Wildman–Crippen LogP) is 4.48. The number of alkyl halides is 3. The van der Waals surface area contributed by atoms with Crippen molar-refractivity contribution >= 4 is 22.9 Å². The maximum Gasteiger partial charge on any atom is 0.417 e. The first kappa shape index (κ1) is 11.4. The van der Waals surface area contributed by atoms with Gasteiger partial charge in [0.05, 0.1) is 5.56 Å². The summed E-state index contributed by atoms with van der Waals surface area (Å²) in [5.74, 6) is 0. The molecule has 0 fully saturated rings. The summed E-state index contributed by atoms with van der Waals surface area (Å²) < 4.78 is 37.4. The lowest BCUT2D eigenvalue weighted by molar-refractivity contribution is -0.137. The quantitative estimate of drug-likeness (QED) is 0.691. The molecule has 0 aliphatic carbocycles. The molecule has 0 N–H and O–H groups in total. The van der Waals surface area contributed by atoms with Crippen molar-refractivity contribution < 1.29 is 13.2 Å². The van der Waals surface area contributed by atoms with Crippen molar-refractivity contribution in [2.45, 2.75) is 6.18 Å². The minimum Gasteiger partial charge on any atom is -0.243 e. The Labute approximate surface area is 98.5 Å². The standard InChI is InChI=1S/C10H5ClF3NS/c11-9-7(8-2-1-3-16-8)4-6(5-15-9)10(12,13)14/h1-5H. The number of halogens is 4. The SMILES string of the molecule is FC(F)(F)c1cnc(Cl)c(-c2cccs2)c1. The largest absolute Gasteiger partial charge is 0.417 e. The Morgan fingerprint density at radius 3 is 2.62 bits per heavy atom. The van der Waals surface area contributed by atoms with E-state index in [1.54, 1.807) is 17.5 Å². The molecule has 0 radical (unpaired) electrons. The molecule has 16 heavy (non-hydrogen) atoms. The van der Waals surface area contributed by atoms with Gasteiger partial charge >= 0.3 is 6.18 Å². The molecular weight excluding hydrogens is 259 g/mol. The van der Waals surface area contributed by atoms with Crippen molar-refractivity contribution in [3.8, 4) is 10.4 Å². The van der Waals surface area contributed by atoms with E-state index < -0.39 is 11.7 Å². The molecule has 6 heteroatoms. The summed E-state index contributed by atoms with van der Waals surface area (Å²) in [5, 5.41) is 1.85. The van der Waals surface area contributed by atoms with Gasteiger partial charge in [-0.25, -0.2) is 4.98 Å². The highest BCUT2D eigenvalue weighted by Crippen LogP contribution is 2.35. The van der Waals surface area contributed by atoms with Gasteiger partial charge in [0, 0.05) is 16.6 Å². The molecule has 0 unspecified atom stereocenters. The summed E-state index contributed by atoms with van der Waals surface area (Å²) in [6.45, 7) is 0. The van der Waals surface area contributed by atoms with E-state index in [2.05, 4.69) is 4.98 Å². The first-order valence-corrected chi connectivity index (χ1v) is 5.51. The molecule has 2 heterocycles. The smallest absolute Gasteiger partial charge is 0.243 e. The highest BCUT2D eigenvalue weighted by molar-refractivity contribution is 7.13. The minimum absolute atomic E-state index is 0.0791. The van der Waals surface area contributed by atoms with Gasteiger partial charge in [-0.2, -0.15) is 13.2 Å². The van der Waals surface area contributed by atoms with Gasteiger partial charge in [-0.1, -0.05) is 17.7 Å². The van der Waals surface area contributed by atoms with E-state index in [1.165, 1.54) is 11.3 Å². The van der Waals surface area contributed by atoms with Crippen LogP contribution in [0.25, 0.3) is 10.4 Å². The second-order valence-electron chi connectivity index (χ2n) is 3.04. The van der Waals surface area contributed by atoms with Gasteiger partial charge in [-0.3, -0.25) is 0 Å². The first-order chi connectivity index (χ1) is 7.48. The van der Waals surface area contributed by atoms with Crippen LogP contribution in [-0.2, 0) is 6.18 Å². The van der Waals surface area contributed by atoms with Gasteiger partial charge in [0.1, 0.15) is 5.15 Å². The normalized spacial score (nSPS) is 11.8. The van der Waals surface area contributed by atoms with Crippen molar-refractivity contribution in [3.63, 3.8) is 0 Å². The Bertz CT molecular complexity index is 493. The lowest BCUT2D eigenvalue weighted by Crippen LogP contribution is -2.05. The van der Waals surface area contributed by atoms with E-state index in [0.717, 1.165) is 12.3 Å². The molecule has 0 aromatic carbocycles. The van der Waals surface area contributed by atoms with E-state index in [4.69, 9.17) is 11.6 Å². The van der Waals surface area contributed by atoms with E-state index in [9.17, 15) is 13.2 Å². The van der Waals surface area contributed by atoms with Crippen molar-refractivity contribution in [2.75, 3.05) is 0 Å². The zero-order chi connectivity index (χ0) is 11.8. The summed E-state index contributed by atoms with van der Waals surface area (Å²) in [6, 6.07) is 4.46. The highest BCUT2D eigenvalue weighted by atomic mass is 35.5. The lowest BCUT2D eigenvalue weighted by atomic mass is 10.2. The summed E-state index contributed by atoms with van der Waals surface area (Å²) in [5.41, 5.74) is -0.480. The van der Waals surface area contributed by atoms with Crippen molar-refractivity contribution in [1.29, 1.82) is 0 Å². The summed E-state index contributed by atoms with van der Waals surface area (Å²) in [7, 11) is 0. The number of nitrogens with zero attached hydrogens (tertiary/aromatic N) is 1. The molecule has 2 aromatic rings. The van der Waals surface area contributed by atoms with Crippen LogP contribution in [0.4, 0.5) is 13.2 Å². The maximum absolute atomic E-state index is 12.5. The third kappa shape index (κ3) is 2.20. The third-order valence-corrected chi connectivity index (χ3v) is 3.16. The van der Waals surface area contributed by atoms with Crippen LogP contribution in [0.5, 0.6) is 0 Å². The monoisotopic (exact) mass is 263 g/mol. The van der Waals surface area contributed by atoms with E-state index >= 15 is 0 Å². The number of aromatic nitrogens is 1. The van der Waals surface area contributed by atoms with Crippen molar-refractivity contribution in [1.82, 2.24) is 4.98 Å². The van der Waals surface area contributed by atoms with E-state index in [0.29, 0.717) is 10.4 Å². The summed E-state index contributed by atoms with van der Waals surface area (Å²) in [6.07, 6.45) is -3.66. The van der Waals surface area contributed by atoms with Gasteiger partial charge in [0.15, 0.2) is 0 Å². The molecule has 84 valence electrons. The Morgan fingerprint density at radius 2 is 2.06 bits per heavy atom. The molecule has 0 amide bonds. The Kier molecular flexibility index (Phi) is 2.90. The fourth-order valence-corrected chi connectivity index (χ4v) is 2.21. The molecule has 0 spiro atoms. The Balaban J connectivity index is 2.54. The average Bonchev–Trinajstić information content (AvgIpc) is 2.69. The van der Waals surface area contributed by atoms with E-state index in [-0.39, 0.29) is 5.15 Å². The Morgan fingerprint density at radius 1 is 1.31 bits per heavy atom. The zero-order valence-electron chi connectivity index (χ0n) is 7.75. The lowest BCUT2D eigenvalue weighted by Gasteiger charge is -2.08. The molecule has 0 aliphatic rings. The fraction of sp³-hybridized carbons (Fsp3) is 0.100. The maximum atomic E-state index is 12.5. The minimum atomic E-state index is -4.40. The van der Waals surface area contributed by atoms with Crippen LogP contribution in [0.1, 0.15) is 5.56 Å². The fourth-order valence-electron chi connectivity index (χ4n) is 1.21. The number of hydrogen-bond acceptors (Lipinski definition) is 2. The van der Waals surface area contributed by atoms with Gasteiger partial charge in [-0.05, 0) is 17.5 Å². The number of rotatable bonds is 1. The molecule has 0 bridgehead atoms. The second-order valence-corrected chi connectivity index (χ2v) is 4.34. The highest BCUT2D eigenvalue weighted by Gasteiger charge is 2.31. The molecule has 0 saturated heterocycles. The number of pyridine rings is 1. The van der Waals surface area contributed by atoms with Crippen LogP contribution >= 0.6 is 22.9 Å². The van der Waals surface area contributed by atoms with E-state index in [1.807, 2.05) is 0 Å². The van der Waals surface area contributed by atoms with Crippen LogP contribution in [-0.4, -0.2) is 4.98 Å². The molecule has 2 rings (SSSR count). The van der Waals surface area contributed by atoms with Crippen molar-refractivity contribution in [2.24, 2.45) is 0 Å². The van der Waals surface area contributed by atoms with Crippen LogP contribution in [0.3, 0.4) is 0 Å². The van der Waals surface area contributed by atoms with Crippen LogP contribution in [0, 0.1) is 0 Å². The van der Waals surface area contributed by atoms with Crippen molar-refractivity contribution in [3.05, 3.63) is 40.5 Å². The number of hydrogen-bond donors (Lipinski definition) is 0. The van der Waals surface area contributed by atoms with Gasteiger partial charge in [0.25, 0.3) is 0 Å². The molecule has 0 saturated carbocycles. The summed E-state index contributed by atoms with van der Waals surface area (Å²) in [4.78, 5) is 4.22. The average molecular weight is 264 g/mol. The zero-order valence-corrected chi connectivity index (χ0v) is 9.33. The van der Waals surface area contributed by atoms with Crippen LogP contribution < -0.4 is 0 Å². The number of thiophene rings is 1. The topological polar surface area (TPSA) is 12.9 Å². The molecule has 0 aliphatic heterocycles. The first-order valence-electron chi connectivity index (χ1n) is 4.25.